The molecule has 0 aromatic heterocycles. The number of nitroso groups, excluding NO2 is 1. The third-order valence-electron chi connectivity index (χ3n) is 2.17. The largest absolute Gasteiger partial charge is 0.344 e. The number of benzene rings is 1. The summed E-state index contributed by atoms with van der Waals surface area (Å²) in [5.74, 6) is 0.0498. The lowest BCUT2D eigenvalue weighted by atomic mass is 10.1. The smallest absolute Gasteiger partial charge is 0.306 e. The van der Waals surface area contributed by atoms with Crippen LogP contribution in [0.1, 0.15) is 17.3 Å². The third kappa shape index (κ3) is 3.81. The first-order chi connectivity index (χ1) is 8.58. The molecule has 0 aliphatic heterocycles. The molecule has 1 aromatic carbocycles. The molecule has 96 valence electrons. The van der Waals surface area contributed by atoms with Gasteiger partial charge in [-0.15, -0.1) is 16.5 Å². The quantitative estimate of drug-likeness (QED) is 0.386. The zero-order valence-corrected chi connectivity index (χ0v) is 10.5. The highest BCUT2D eigenvalue weighted by Gasteiger charge is 2.13. The first kappa shape index (κ1) is 14.1. The van der Waals surface area contributed by atoms with Crippen molar-refractivity contribution in [1.82, 2.24) is 5.01 Å². The van der Waals surface area contributed by atoms with Gasteiger partial charge in [0.05, 0.1) is 11.8 Å². The summed E-state index contributed by atoms with van der Waals surface area (Å²) < 4.78 is 0. The Balaban J connectivity index is 2.69. The number of carbonyl (C=O) groups is 2. The van der Waals surface area contributed by atoms with E-state index in [1.165, 1.54) is 6.92 Å². The van der Waals surface area contributed by atoms with Gasteiger partial charge in [-0.2, -0.15) is 5.01 Å². The van der Waals surface area contributed by atoms with E-state index >= 15 is 0 Å². The lowest BCUT2D eigenvalue weighted by Gasteiger charge is -2.12. The average Bonchev–Trinajstić information content (AvgIpc) is 2.36. The summed E-state index contributed by atoms with van der Waals surface area (Å²) in [6.45, 7) is 1.48. The summed E-state index contributed by atoms with van der Waals surface area (Å²) in [6.07, 6.45) is 0. The maximum absolute atomic E-state index is 11.5. The maximum Gasteiger partial charge on any atom is 0.344 e. The number of alkyl halides is 1. The molecule has 2 amide bonds. The lowest BCUT2D eigenvalue weighted by molar-refractivity contribution is 0.101. The second kappa shape index (κ2) is 6.70. The van der Waals surface area contributed by atoms with Crippen LogP contribution in [0.2, 0.25) is 0 Å². The van der Waals surface area contributed by atoms with Crippen LogP contribution in [-0.2, 0) is 0 Å². The fourth-order valence-corrected chi connectivity index (χ4v) is 1.40. The number of halogens is 1. The van der Waals surface area contributed by atoms with Gasteiger partial charge in [-0.25, -0.2) is 4.79 Å². The van der Waals surface area contributed by atoms with Gasteiger partial charge in [0.15, 0.2) is 5.78 Å². The second-order valence-electron chi connectivity index (χ2n) is 3.46. The van der Waals surface area contributed by atoms with Crippen molar-refractivity contribution >= 4 is 29.1 Å². The van der Waals surface area contributed by atoms with Crippen molar-refractivity contribution in [2.24, 2.45) is 5.29 Å². The highest BCUT2D eigenvalue weighted by Crippen LogP contribution is 2.11. The molecule has 18 heavy (non-hydrogen) atoms. The Hall–Kier alpha value is -1.95. The molecule has 0 saturated heterocycles. The number of rotatable bonds is 5. The van der Waals surface area contributed by atoms with Crippen molar-refractivity contribution in [3.05, 3.63) is 34.7 Å². The predicted octanol–water partition coefficient (Wildman–Crippen LogP) is 2.64. The van der Waals surface area contributed by atoms with E-state index in [1.54, 1.807) is 24.3 Å². The fraction of sp³-hybridized carbons (Fsp3) is 0.273. The van der Waals surface area contributed by atoms with Gasteiger partial charge >= 0.3 is 6.03 Å². The number of amides is 2. The first-order valence-corrected chi connectivity index (χ1v) is 5.70. The molecule has 0 aliphatic carbocycles. The van der Waals surface area contributed by atoms with E-state index < -0.39 is 6.03 Å². The van der Waals surface area contributed by atoms with E-state index in [0.717, 1.165) is 0 Å². The molecule has 7 heteroatoms. The van der Waals surface area contributed by atoms with Gasteiger partial charge in [0.2, 0.25) is 0 Å². The number of nitrogens with zero attached hydrogens (tertiary/aromatic N) is 2. The average molecular weight is 270 g/mol. The second-order valence-corrected chi connectivity index (χ2v) is 3.84. The number of hydrogen-bond acceptors (Lipinski definition) is 4. The van der Waals surface area contributed by atoms with E-state index in [2.05, 4.69) is 10.6 Å². The number of hydrogen-bond donors (Lipinski definition) is 1. The van der Waals surface area contributed by atoms with Crippen LogP contribution in [0.4, 0.5) is 10.5 Å². The normalized spacial score (nSPS) is 9.67. The fourth-order valence-electron chi connectivity index (χ4n) is 1.24. The molecule has 1 aromatic rings. The molecule has 0 aliphatic rings. The molecule has 0 heterocycles. The van der Waals surface area contributed by atoms with Gasteiger partial charge in [-0.3, -0.25) is 4.79 Å². The summed E-state index contributed by atoms with van der Waals surface area (Å²) in [4.78, 5) is 33.0. The lowest BCUT2D eigenvalue weighted by Crippen LogP contribution is -2.31. The van der Waals surface area contributed by atoms with E-state index in [4.69, 9.17) is 11.6 Å². The minimum Gasteiger partial charge on any atom is -0.306 e. The Morgan fingerprint density at radius 1 is 1.33 bits per heavy atom. The summed E-state index contributed by atoms with van der Waals surface area (Å²) in [7, 11) is 0. The Morgan fingerprint density at radius 3 is 2.39 bits per heavy atom. The number of carbonyl (C=O) groups excluding carboxylic acids is 2. The van der Waals surface area contributed by atoms with Crippen LogP contribution in [0.3, 0.4) is 0 Å². The highest BCUT2D eigenvalue weighted by molar-refractivity contribution is 6.18. The molecular weight excluding hydrogens is 258 g/mol. The molecule has 6 nitrogen and oxygen atoms in total. The summed E-state index contributed by atoms with van der Waals surface area (Å²) in [5, 5.41) is 5.71. The van der Waals surface area contributed by atoms with Gasteiger partial charge in [-0.1, -0.05) is 0 Å². The van der Waals surface area contributed by atoms with Gasteiger partial charge in [0.25, 0.3) is 0 Å². The van der Waals surface area contributed by atoms with Crippen LogP contribution in [-0.4, -0.2) is 29.2 Å². The Bertz CT molecular complexity index is 447. The van der Waals surface area contributed by atoms with Crippen LogP contribution in [0.5, 0.6) is 0 Å². The van der Waals surface area contributed by atoms with Gasteiger partial charge in [0, 0.05) is 17.1 Å². The standard InChI is InChI=1S/C11H12ClN3O3/c1-8(16)9-2-4-10(5-3-9)13-11(17)15(14-18)7-6-12/h2-5H,6-7H2,1H3,(H,13,17). The van der Waals surface area contributed by atoms with Crippen LogP contribution >= 0.6 is 11.6 Å². The van der Waals surface area contributed by atoms with E-state index in [0.29, 0.717) is 16.3 Å². The molecule has 0 bridgehead atoms. The Morgan fingerprint density at radius 2 is 1.94 bits per heavy atom. The Labute approximate surface area is 109 Å². The number of ketones is 1. The zero-order valence-electron chi connectivity index (χ0n) is 9.72. The molecular formula is C11H12ClN3O3. The molecule has 0 saturated carbocycles. The maximum atomic E-state index is 11.5. The van der Waals surface area contributed by atoms with Crippen LogP contribution in [0.25, 0.3) is 0 Å². The van der Waals surface area contributed by atoms with Crippen molar-refractivity contribution in [1.29, 1.82) is 0 Å². The zero-order chi connectivity index (χ0) is 13.5. The summed E-state index contributed by atoms with van der Waals surface area (Å²) >= 11 is 5.42. The van der Waals surface area contributed by atoms with Crippen LogP contribution < -0.4 is 5.32 Å². The number of anilines is 1. The van der Waals surface area contributed by atoms with E-state index in [-0.39, 0.29) is 18.2 Å². The highest BCUT2D eigenvalue weighted by atomic mass is 35.5. The topological polar surface area (TPSA) is 78.8 Å². The van der Waals surface area contributed by atoms with Gasteiger partial charge in [-0.05, 0) is 31.2 Å². The molecule has 0 unspecified atom stereocenters. The van der Waals surface area contributed by atoms with Crippen molar-refractivity contribution in [3.63, 3.8) is 0 Å². The van der Waals surface area contributed by atoms with Crippen molar-refractivity contribution in [2.45, 2.75) is 6.92 Å². The summed E-state index contributed by atoms with van der Waals surface area (Å²) in [6, 6.07) is 5.63. The predicted molar refractivity (Wildman–Crippen MR) is 68.7 cm³/mol. The molecule has 1 N–H and O–H groups in total. The SMILES string of the molecule is CC(=O)c1ccc(NC(=O)N(CCCl)N=O)cc1. The van der Waals surface area contributed by atoms with Crippen molar-refractivity contribution in [3.8, 4) is 0 Å². The monoisotopic (exact) mass is 269 g/mol. The number of Topliss-reactive ketones (excluding diaryl/α,β-unsaturated/α-hetero) is 1. The van der Waals surface area contributed by atoms with Crippen molar-refractivity contribution in [2.75, 3.05) is 17.7 Å². The summed E-state index contributed by atoms with van der Waals surface area (Å²) in [5.41, 5.74) is 1.01. The van der Waals surface area contributed by atoms with Crippen LogP contribution in [0.15, 0.2) is 29.6 Å². The van der Waals surface area contributed by atoms with Crippen molar-refractivity contribution < 1.29 is 9.59 Å². The number of nitrogens with one attached hydrogen (secondary N) is 1. The van der Waals surface area contributed by atoms with Crippen LogP contribution in [0, 0.1) is 4.91 Å². The van der Waals surface area contributed by atoms with E-state index in [1.807, 2.05) is 0 Å². The minimum absolute atomic E-state index is 0.0302. The molecule has 0 atom stereocenters. The first-order valence-electron chi connectivity index (χ1n) is 5.17. The van der Waals surface area contributed by atoms with Gasteiger partial charge in [0.1, 0.15) is 0 Å². The molecule has 0 radical (unpaired) electrons. The molecule has 0 fully saturated rings. The molecule has 0 spiro atoms. The Kier molecular flexibility index (Phi) is 5.26. The van der Waals surface area contributed by atoms with Gasteiger partial charge < -0.3 is 5.32 Å². The number of urea groups is 1. The molecule has 1 rings (SSSR count). The minimum atomic E-state index is -0.666. The third-order valence-corrected chi connectivity index (χ3v) is 2.34. The van der Waals surface area contributed by atoms with E-state index in [9.17, 15) is 14.5 Å².